The predicted molar refractivity (Wildman–Crippen MR) is 107 cm³/mol. The molecule has 2 aromatic carbocycles. The third-order valence-corrected chi connectivity index (χ3v) is 5.53. The number of carbonyl (C=O) groups excluding carboxylic acids is 2. The second-order valence-electron chi connectivity index (χ2n) is 7.26. The van der Waals surface area contributed by atoms with Gasteiger partial charge >= 0.3 is 0 Å². The number of ketones is 2. The molecule has 1 aliphatic heterocycles. The summed E-state index contributed by atoms with van der Waals surface area (Å²) in [7, 11) is 0. The second-order valence-corrected chi connectivity index (χ2v) is 7.26. The van der Waals surface area contributed by atoms with Gasteiger partial charge in [-0.05, 0) is 19.3 Å². The third-order valence-electron chi connectivity index (χ3n) is 5.53. The number of rotatable bonds is 3. The van der Waals surface area contributed by atoms with Gasteiger partial charge < -0.3 is 4.90 Å². The van der Waals surface area contributed by atoms with Crippen LogP contribution in [-0.4, -0.2) is 39.8 Å². The first-order chi connectivity index (χ1) is 13.7. The van der Waals surface area contributed by atoms with Gasteiger partial charge in [0, 0.05) is 41.1 Å². The minimum atomic E-state index is -0.182. The van der Waals surface area contributed by atoms with Gasteiger partial charge in [-0.1, -0.05) is 48.5 Å². The van der Waals surface area contributed by atoms with Crippen LogP contribution >= 0.6 is 0 Å². The number of aromatic nitrogens is 2. The number of nitrogens with zero attached hydrogens (tertiary/aromatic N) is 3. The maximum absolute atomic E-state index is 13.0. The Balaban J connectivity index is 1.70. The van der Waals surface area contributed by atoms with Crippen molar-refractivity contribution in [3.05, 3.63) is 77.1 Å². The summed E-state index contributed by atoms with van der Waals surface area (Å²) in [4.78, 5) is 28.1. The molecular formula is C23H19N3O2. The molecular weight excluding hydrogens is 350 g/mol. The quantitative estimate of drug-likeness (QED) is 0.656. The number of piperidine rings is 1. The topological polar surface area (TPSA) is 63.2 Å². The Bertz CT molecular complexity index is 1130. The maximum Gasteiger partial charge on any atom is 0.213 e. The zero-order chi connectivity index (χ0) is 19.1. The van der Waals surface area contributed by atoms with Crippen LogP contribution in [0, 0.1) is 0 Å². The highest BCUT2D eigenvalue weighted by Crippen LogP contribution is 2.35. The van der Waals surface area contributed by atoms with E-state index in [1.54, 1.807) is 24.3 Å². The molecule has 0 saturated carbocycles. The van der Waals surface area contributed by atoms with E-state index in [4.69, 9.17) is 0 Å². The molecule has 5 nitrogen and oxygen atoms in total. The maximum atomic E-state index is 13.0. The average Bonchev–Trinajstić information content (AvgIpc) is 2.77. The Morgan fingerprint density at radius 2 is 1.68 bits per heavy atom. The average molecular weight is 369 g/mol. The summed E-state index contributed by atoms with van der Waals surface area (Å²) in [5, 5.41) is 10.2. The molecule has 138 valence electrons. The summed E-state index contributed by atoms with van der Waals surface area (Å²) in [6.45, 7) is 1.82. The van der Waals surface area contributed by atoms with Crippen LogP contribution in [-0.2, 0) is 0 Å². The van der Waals surface area contributed by atoms with Gasteiger partial charge in [0.15, 0.2) is 5.78 Å². The van der Waals surface area contributed by atoms with Crippen molar-refractivity contribution in [1.82, 2.24) is 15.1 Å². The van der Waals surface area contributed by atoms with E-state index in [1.807, 2.05) is 30.3 Å². The number of hydrogen-bond acceptors (Lipinski definition) is 5. The van der Waals surface area contributed by atoms with Gasteiger partial charge in [0.05, 0.1) is 5.70 Å². The molecule has 1 aliphatic carbocycles. The zero-order valence-corrected chi connectivity index (χ0v) is 15.4. The molecule has 2 heterocycles. The SMILES string of the molecule is O=C(c1ccccc1)c1nnc2c3c(cccc13)C(=O)C=C2N1CCCCC1. The van der Waals surface area contributed by atoms with Crippen LogP contribution in [0.5, 0.6) is 0 Å². The molecule has 5 rings (SSSR count). The number of likely N-dealkylation sites (tertiary alicyclic amines) is 1. The highest BCUT2D eigenvalue weighted by molar-refractivity contribution is 6.24. The molecule has 0 unspecified atom stereocenters. The summed E-state index contributed by atoms with van der Waals surface area (Å²) in [6, 6.07) is 14.5. The summed E-state index contributed by atoms with van der Waals surface area (Å²) in [6.07, 6.45) is 5.10. The molecule has 0 N–H and O–H groups in total. The van der Waals surface area contributed by atoms with E-state index in [9.17, 15) is 9.59 Å². The van der Waals surface area contributed by atoms with Gasteiger partial charge in [-0.2, -0.15) is 0 Å². The summed E-state index contributed by atoms with van der Waals surface area (Å²) in [5.74, 6) is -0.219. The van der Waals surface area contributed by atoms with E-state index < -0.39 is 0 Å². The van der Waals surface area contributed by atoms with E-state index in [0.29, 0.717) is 27.9 Å². The Morgan fingerprint density at radius 3 is 2.46 bits per heavy atom. The molecule has 28 heavy (non-hydrogen) atoms. The number of benzene rings is 2. The van der Waals surface area contributed by atoms with Gasteiger partial charge in [-0.3, -0.25) is 9.59 Å². The van der Waals surface area contributed by atoms with Crippen molar-refractivity contribution in [2.45, 2.75) is 19.3 Å². The number of allylic oxidation sites excluding steroid dienone is 1. The Kier molecular flexibility index (Phi) is 4.01. The Morgan fingerprint density at radius 1 is 0.893 bits per heavy atom. The minimum Gasteiger partial charge on any atom is -0.370 e. The lowest BCUT2D eigenvalue weighted by Gasteiger charge is -2.32. The largest absolute Gasteiger partial charge is 0.370 e. The van der Waals surface area contributed by atoms with E-state index in [-0.39, 0.29) is 11.6 Å². The molecule has 1 saturated heterocycles. The van der Waals surface area contributed by atoms with Crippen molar-refractivity contribution in [2.24, 2.45) is 0 Å². The molecule has 0 atom stereocenters. The highest BCUT2D eigenvalue weighted by Gasteiger charge is 2.29. The lowest BCUT2D eigenvalue weighted by molar-refractivity contribution is 0.102. The standard InChI is InChI=1S/C23H19N3O2/c27-19-14-18(26-12-5-2-6-13-26)22-20-16(19)10-7-11-17(20)21(24-25-22)23(28)15-8-3-1-4-9-15/h1,3-4,7-11,14H,2,5-6,12-13H2. The summed E-state index contributed by atoms with van der Waals surface area (Å²) in [5.41, 5.74) is 2.98. The molecule has 0 amide bonds. The fourth-order valence-electron chi connectivity index (χ4n) is 4.13. The third kappa shape index (κ3) is 2.62. The first-order valence-electron chi connectivity index (χ1n) is 9.64. The van der Waals surface area contributed by atoms with Gasteiger partial charge in [-0.25, -0.2) is 0 Å². The predicted octanol–water partition coefficient (Wildman–Crippen LogP) is 3.88. The first kappa shape index (κ1) is 16.8. The van der Waals surface area contributed by atoms with Crippen LogP contribution in [0.4, 0.5) is 0 Å². The fraction of sp³-hybridized carbons (Fsp3) is 0.217. The monoisotopic (exact) mass is 369 g/mol. The summed E-state index contributed by atoms with van der Waals surface area (Å²) >= 11 is 0. The van der Waals surface area contributed by atoms with Crippen LogP contribution in [0.3, 0.4) is 0 Å². The molecule has 1 aromatic heterocycles. The van der Waals surface area contributed by atoms with Gasteiger partial charge in [-0.15, -0.1) is 10.2 Å². The van der Waals surface area contributed by atoms with Gasteiger partial charge in [0.25, 0.3) is 0 Å². The normalized spacial score (nSPS) is 16.2. The number of hydrogen-bond donors (Lipinski definition) is 0. The first-order valence-corrected chi connectivity index (χ1v) is 9.64. The van der Waals surface area contributed by atoms with Crippen molar-refractivity contribution in [2.75, 3.05) is 13.1 Å². The van der Waals surface area contributed by atoms with E-state index >= 15 is 0 Å². The van der Waals surface area contributed by atoms with Crippen molar-refractivity contribution in [3.63, 3.8) is 0 Å². The van der Waals surface area contributed by atoms with E-state index in [1.165, 1.54) is 6.42 Å². The van der Waals surface area contributed by atoms with E-state index in [2.05, 4.69) is 15.1 Å². The molecule has 0 radical (unpaired) electrons. The summed E-state index contributed by atoms with van der Waals surface area (Å²) < 4.78 is 0. The van der Waals surface area contributed by atoms with Gasteiger partial charge in [0.1, 0.15) is 11.4 Å². The highest BCUT2D eigenvalue weighted by atomic mass is 16.1. The van der Waals surface area contributed by atoms with Crippen LogP contribution in [0.25, 0.3) is 16.5 Å². The van der Waals surface area contributed by atoms with E-state index in [0.717, 1.165) is 37.0 Å². The second kappa shape index (κ2) is 6.68. The van der Waals surface area contributed by atoms with Crippen molar-refractivity contribution < 1.29 is 9.59 Å². The Hall–Kier alpha value is -3.34. The van der Waals surface area contributed by atoms with Crippen LogP contribution in [0.15, 0.2) is 54.6 Å². The number of carbonyl (C=O) groups is 2. The molecule has 3 aromatic rings. The van der Waals surface area contributed by atoms with Crippen LogP contribution in [0.2, 0.25) is 0 Å². The van der Waals surface area contributed by atoms with Crippen LogP contribution in [0.1, 0.15) is 51.4 Å². The minimum absolute atomic E-state index is 0.0372. The molecule has 0 bridgehead atoms. The Labute approximate surface area is 162 Å². The van der Waals surface area contributed by atoms with Crippen LogP contribution < -0.4 is 0 Å². The molecule has 5 heteroatoms. The van der Waals surface area contributed by atoms with Crippen molar-refractivity contribution >= 4 is 28.0 Å². The van der Waals surface area contributed by atoms with Crippen molar-refractivity contribution in [3.8, 4) is 0 Å². The molecule has 2 aliphatic rings. The molecule has 1 fully saturated rings. The van der Waals surface area contributed by atoms with Gasteiger partial charge in [0.2, 0.25) is 5.78 Å². The smallest absolute Gasteiger partial charge is 0.213 e. The zero-order valence-electron chi connectivity index (χ0n) is 15.4. The lowest BCUT2D eigenvalue weighted by atomic mass is 9.91. The van der Waals surface area contributed by atoms with Crippen molar-refractivity contribution in [1.29, 1.82) is 0 Å². The lowest BCUT2D eigenvalue weighted by Crippen LogP contribution is -2.30. The molecule has 0 spiro atoms. The fourth-order valence-corrected chi connectivity index (χ4v) is 4.13.